The van der Waals surface area contributed by atoms with Gasteiger partial charge in [-0.25, -0.2) is 4.68 Å². The molecule has 0 aliphatic carbocycles. The van der Waals surface area contributed by atoms with E-state index in [-0.39, 0.29) is 11.6 Å². The normalized spacial score (nSPS) is 11.9. The Kier molecular flexibility index (Phi) is 5.07. The molecule has 0 radical (unpaired) electrons. The minimum Gasteiger partial charge on any atom is -0.497 e. The number of hydrogen-bond acceptors (Lipinski definition) is 5. The molecule has 22 heavy (non-hydrogen) atoms. The lowest BCUT2D eigenvalue weighted by molar-refractivity contribution is 0.390. The van der Waals surface area contributed by atoms with Crippen LogP contribution in [0.2, 0.25) is 0 Å². The molecule has 2 rings (SSSR count). The van der Waals surface area contributed by atoms with Crippen molar-refractivity contribution < 1.29 is 9.47 Å². The van der Waals surface area contributed by atoms with Gasteiger partial charge in [-0.15, -0.1) is 0 Å². The molecule has 0 fully saturated rings. The Balaban J connectivity index is 2.31. The van der Waals surface area contributed by atoms with Crippen LogP contribution in [0.4, 0.5) is 5.69 Å². The first-order valence-corrected chi connectivity index (χ1v) is 7.47. The van der Waals surface area contributed by atoms with Crippen molar-refractivity contribution in [3.63, 3.8) is 0 Å². The second-order valence-electron chi connectivity index (χ2n) is 4.77. The third-order valence-corrected chi connectivity index (χ3v) is 4.12. The zero-order valence-electron chi connectivity index (χ0n) is 12.9. The second-order valence-corrected chi connectivity index (χ2v) is 5.57. The van der Waals surface area contributed by atoms with Gasteiger partial charge in [0.1, 0.15) is 16.0 Å². The van der Waals surface area contributed by atoms with Crippen LogP contribution in [0.1, 0.15) is 18.5 Å². The highest BCUT2D eigenvalue weighted by atomic mass is 79.9. The van der Waals surface area contributed by atoms with Crippen LogP contribution in [-0.4, -0.2) is 24.0 Å². The fourth-order valence-electron chi connectivity index (χ4n) is 2.10. The average molecular weight is 368 g/mol. The number of aryl methyl sites for hydroxylation is 1. The number of ether oxygens (including phenoxy) is 2. The smallest absolute Gasteiger partial charge is 0.282 e. The van der Waals surface area contributed by atoms with Gasteiger partial charge in [-0.3, -0.25) is 4.79 Å². The summed E-state index contributed by atoms with van der Waals surface area (Å²) in [6, 6.07) is 5.54. The fourth-order valence-corrected chi connectivity index (χ4v) is 2.57. The lowest BCUT2D eigenvalue weighted by atomic mass is 10.1. The predicted octanol–water partition coefficient (Wildman–Crippen LogP) is 2.73. The molecule has 1 aromatic heterocycles. The monoisotopic (exact) mass is 367 g/mol. The Morgan fingerprint density at radius 3 is 2.68 bits per heavy atom. The van der Waals surface area contributed by atoms with Crippen molar-refractivity contribution in [2.75, 3.05) is 19.5 Å². The molecule has 0 amide bonds. The molecule has 118 valence electrons. The molecule has 7 heteroatoms. The maximum absolute atomic E-state index is 11.9. The number of hydrogen-bond donors (Lipinski definition) is 1. The fraction of sp³-hybridized carbons (Fsp3) is 0.333. The molecule has 0 spiro atoms. The summed E-state index contributed by atoms with van der Waals surface area (Å²) in [6.07, 6.45) is 1.61. The van der Waals surface area contributed by atoms with Gasteiger partial charge in [0.15, 0.2) is 0 Å². The number of nitrogens with one attached hydrogen (secondary N) is 1. The number of aromatic nitrogens is 2. The third-order valence-electron chi connectivity index (χ3n) is 3.36. The first kappa shape index (κ1) is 16.4. The number of benzene rings is 1. The largest absolute Gasteiger partial charge is 0.497 e. The van der Waals surface area contributed by atoms with Crippen LogP contribution in [0, 0.1) is 0 Å². The zero-order chi connectivity index (χ0) is 16.3. The van der Waals surface area contributed by atoms with Crippen LogP contribution in [0.3, 0.4) is 0 Å². The molecule has 0 aliphatic heterocycles. The Bertz CT molecular complexity index is 730. The lowest BCUT2D eigenvalue weighted by Gasteiger charge is -2.19. The van der Waals surface area contributed by atoms with E-state index in [1.165, 1.54) is 4.68 Å². The van der Waals surface area contributed by atoms with Gasteiger partial charge in [0, 0.05) is 18.7 Å². The molecule has 1 heterocycles. The van der Waals surface area contributed by atoms with Crippen LogP contribution >= 0.6 is 15.9 Å². The van der Waals surface area contributed by atoms with Crippen molar-refractivity contribution in [2.45, 2.75) is 13.0 Å². The van der Waals surface area contributed by atoms with Crippen LogP contribution in [0.15, 0.2) is 33.7 Å². The highest BCUT2D eigenvalue weighted by Crippen LogP contribution is 2.32. The number of nitrogens with zero attached hydrogens (tertiary/aromatic N) is 2. The van der Waals surface area contributed by atoms with Gasteiger partial charge in [-0.05, 0) is 35.0 Å². The summed E-state index contributed by atoms with van der Waals surface area (Å²) in [5, 5.41) is 7.28. The Morgan fingerprint density at radius 1 is 1.32 bits per heavy atom. The highest BCUT2D eigenvalue weighted by molar-refractivity contribution is 9.10. The Hall–Kier alpha value is -2.02. The average Bonchev–Trinajstić information content (AvgIpc) is 2.54. The van der Waals surface area contributed by atoms with E-state index in [1.807, 2.05) is 25.1 Å². The van der Waals surface area contributed by atoms with Gasteiger partial charge >= 0.3 is 0 Å². The first-order chi connectivity index (χ1) is 10.5. The van der Waals surface area contributed by atoms with Crippen molar-refractivity contribution in [1.82, 2.24) is 9.78 Å². The number of anilines is 1. The lowest BCUT2D eigenvalue weighted by Crippen LogP contribution is -2.22. The van der Waals surface area contributed by atoms with Crippen molar-refractivity contribution in [1.29, 1.82) is 0 Å². The summed E-state index contributed by atoms with van der Waals surface area (Å²) in [5.41, 5.74) is 1.39. The summed E-state index contributed by atoms with van der Waals surface area (Å²) in [5.74, 6) is 1.44. The van der Waals surface area contributed by atoms with Gasteiger partial charge in [-0.1, -0.05) is 0 Å². The third kappa shape index (κ3) is 3.24. The van der Waals surface area contributed by atoms with E-state index in [1.54, 1.807) is 27.5 Å². The van der Waals surface area contributed by atoms with Crippen molar-refractivity contribution in [3.8, 4) is 11.5 Å². The topological polar surface area (TPSA) is 65.4 Å². The quantitative estimate of drug-likeness (QED) is 0.879. The van der Waals surface area contributed by atoms with Crippen molar-refractivity contribution >= 4 is 21.6 Å². The van der Waals surface area contributed by atoms with Gasteiger partial charge in [-0.2, -0.15) is 5.10 Å². The summed E-state index contributed by atoms with van der Waals surface area (Å²) in [6.45, 7) is 1.98. The summed E-state index contributed by atoms with van der Waals surface area (Å²) in [4.78, 5) is 11.9. The maximum atomic E-state index is 11.9. The van der Waals surface area contributed by atoms with E-state index in [0.29, 0.717) is 15.9 Å². The number of halogens is 1. The number of rotatable bonds is 5. The molecule has 1 atom stereocenters. The van der Waals surface area contributed by atoms with E-state index < -0.39 is 0 Å². The predicted molar refractivity (Wildman–Crippen MR) is 88.8 cm³/mol. The number of methoxy groups -OCH3 is 2. The molecule has 1 unspecified atom stereocenters. The van der Waals surface area contributed by atoms with Crippen molar-refractivity contribution in [3.05, 3.63) is 44.8 Å². The summed E-state index contributed by atoms with van der Waals surface area (Å²) < 4.78 is 12.3. The summed E-state index contributed by atoms with van der Waals surface area (Å²) >= 11 is 3.30. The molecule has 0 saturated carbocycles. The standard InChI is InChI=1S/C15H18BrN3O3/c1-9(11-6-5-10(21-3)7-13(11)22-4)18-12-8-17-19(2)15(20)14(12)16/h5-9,18H,1-4H3. The molecule has 0 saturated heterocycles. The zero-order valence-corrected chi connectivity index (χ0v) is 14.5. The van der Waals surface area contributed by atoms with Gasteiger partial charge in [0.05, 0.1) is 32.1 Å². The minimum atomic E-state index is -0.195. The first-order valence-electron chi connectivity index (χ1n) is 6.68. The Labute approximate surface area is 137 Å². The summed E-state index contributed by atoms with van der Waals surface area (Å²) in [7, 11) is 4.83. The minimum absolute atomic E-state index is 0.0777. The second kappa shape index (κ2) is 6.83. The molecular formula is C15H18BrN3O3. The van der Waals surface area contributed by atoms with E-state index in [9.17, 15) is 4.79 Å². The van der Waals surface area contributed by atoms with E-state index in [0.717, 1.165) is 11.3 Å². The van der Waals surface area contributed by atoms with Crippen LogP contribution < -0.4 is 20.3 Å². The van der Waals surface area contributed by atoms with Gasteiger partial charge < -0.3 is 14.8 Å². The molecule has 0 aliphatic rings. The maximum Gasteiger partial charge on any atom is 0.282 e. The Morgan fingerprint density at radius 2 is 2.05 bits per heavy atom. The van der Waals surface area contributed by atoms with Crippen LogP contribution in [0.5, 0.6) is 11.5 Å². The van der Waals surface area contributed by atoms with E-state index in [4.69, 9.17) is 9.47 Å². The molecule has 1 aromatic carbocycles. The molecule has 0 bridgehead atoms. The molecule has 1 N–H and O–H groups in total. The van der Waals surface area contributed by atoms with Gasteiger partial charge in [0.25, 0.3) is 5.56 Å². The van der Waals surface area contributed by atoms with E-state index in [2.05, 4.69) is 26.3 Å². The van der Waals surface area contributed by atoms with Crippen LogP contribution in [0.25, 0.3) is 0 Å². The molecule has 6 nitrogen and oxygen atoms in total. The van der Waals surface area contributed by atoms with E-state index >= 15 is 0 Å². The molecule has 2 aromatic rings. The van der Waals surface area contributed by atoms with Crippen LogP contribution in [-0.2, 0) is 7.05 Å². The van der Waals surface area contributed by atoms with Gasteiger partial charge in [0.2, 0.25) is 0 Å². The molecular weight excluding hydrogens is 350 g/mol. The van der Waals surface area contributed by atoms with Crippen molar-refractivity contribution in [2.24, 2.45) is 7.05 Å². The SMILES string of the molecule is COc1ccc(C(C)Nc2cnn(C)c(=O)c2Br)c(OC)c1. The highest BCUT2D eigenvalue weighted by Gasteiger charge is 2.15.